The van der Waals surface area contributed by atoms with Crippen LogP contribution in [0.4, 0.5) is 0 Å². The van der Waals surface area contributed by atoms with Crippen molar-refractivity contribution in [2.45, 2.75) is 26.3 Å². The molecule has 1 unspecified atom stereocenters. The molecule has 2 aromatic carbocycles. The maximum atomic E-state index is 12.3. The van der Waals surface area contributed by atoms with Crippen molar-refractivity contribution < 1.29 is 9.53 Å². The van der Waals surface area contributed by atoms with E-state index in [9.17, 15) is 4.79 Å². The van der Waals surface area contributed by atoms with Crippen LogP contribution in [0.2, 0.25) is 0 Å². The zero-order valence-corrected chi connectivity index (χ0v) is 15.5. The van der Waals surface area contributed by atoms with Gasteiger partial charge < -0.3 is 10.1 Å². The Balaban J connectivity index is 1.41. The third kappa shape index (κ3) is 5.60. The molecular formula is C22H28N2O2. The average molecular weight is 352 g/mol. The Labute approximate surface area is 156 Å². The summed E-state index contributed by atoms with van der Waals surface area (Å²) in [6, 6.07) is 18.1. The molecule has 0 aromatic heterocycles. The molecule has 1 heterocycles. The molecule has 1 N–H and O–H groups in total. The minimum absolute atomic E-state index is 0.0953. The summed E-state index contributed by atoms with van der Waals surface area (Å²) in [7, 11) is 0. The molecule has 1 atom stereocenters. The number of rotatable bonds is 7. The molecule has 0 radical (unpaired) electrons. The first-order valence-electron chi connectivity index (χ1n) is 9.42. The SMILES string of the molecule is Cc1ccccc1CNC(=O)CN1CCCC(COc2ccccc2)C1. The van der Waals surface area contributed by atoms with Crippen LogP contribution in [0.3, 0.4) is 0 Å². The number of aryl methyl sites for hydroxylation is 1. The summed E-state index contributed by atoms with van der Waals surface area (Å²) in [5.74, 6) is 1.49. The lowest BCUT2D eigenvalue weighted by Gasteiger charge is -2.32. The second-order valence-electron chi connectivity index (χ2n) is 7.07. The van der Waals surface area contributed by atoms with Crippen LogP contribution in [0.5, 0.6) is 5.75 Å². The smallest absolute Gasteiger partial charge is 0.234 e. The van der Waals surface area contributed by atoms with Crippen LogP contribution in [0.25, 0.3) is 0 Å². The number of para-hydroxylation sites is 1. The molecule has 1 fully saturated rings. The number of hydrogen-bond donors (Lipinski definition) is 1. The van der Waals surface area contributed by atoms with Gasteiger partial charge in [-0.15, -0.1) is 0 Å². The fourth-order valence-electron chi connectivity index (χ4n) is 3.42. The van der Waals surface area contributed by atoms with E-state index in [1.165, 1.54) is 11.1 Å². The Hall–Kier alpha value is -2.33. The topological polar surface area (TPSA) is 41.6 Å². The summed E-state index contributed by atoms with van der Waals surface area (Å²) in [4.78, 5) is 14.5. The van der Waals surface area contributed by atoms with Gasteiger partial charge in [-0.25, -0.2) is 0 Å². The fourth-order valence-corrected chi connectivity index (χ4v) is 3.42. The molecular weight excluding hydrogens is 324 g/mol. The number of nitrogens with one attached hydrogen (secondary N) is 1. The molecule has 4 nitrogen and oxygen atoms in total. The van der Waals surface area contributed by atoms with Crippen LogP contribution >= 0.6 is 0 Å². The number of ether oxygens (including phenoxy) is 1. The molecule has 26 heavy (non-hydrogen) atoms. The van der Waals surface area contributed by atoms with Crippen LogP contribution in [0, 0.1) is 12.8 Å². The summed E-state index contributed by atoms with van der Waals surface area (Å²) in [6.45, 7) is 5.76. The predicted octanol–water partition coefficient (Wildman–Crippen LogP) is 3.40. The number of piperidine rings is 1. The van der Waals surface area contributed by atoms with Crippen molar-refractivity contribution in [2.75, 3.05) is 26.2 Å². The second-order valence-corrected chi connectivity index (χ2v) is 7.07. The van der Waals surface area contributed by atoms with E-state index in [2.05, 4.69) is 29.3 Å². The van der Waals surface area contributed by atoms with E-state index in [1.54, 1.807) is 0 Å². The average Bonchev–Trinajstić information content (AvgIpc) is 2.67. The van der Waals surface area contributed by atoms with Gasteiger partial charge in [-0.05, 0) is 49.6 Å². The number of carbonyl (C=O) groups is 1. The molecule has 4 heteroatoms. The van der Waals surface area contributed by atoms with Gasteiger partial charge in [0.1, 0.15) is 5.75 Å². The van der Waals surface area contributed by atoms with E-state index in [4.69, 9.17) is 4.74 Å². The van der Waals surface area contributed by atoms with Crippen LogP contribution in [0.15, 0.2) is 54.6 Å². The molecule has 138 valence electrons. The highest BCUT2D eigenvalue weighted by molar-refractivity contribution is 5.78. The molecule has 0 bridgehead atoms. The monoisotopic (exact) mass is 352 g/mol. The lowest BCUT2D eigenvalue weighted by Crippen LogP contribution is -2.43. The Bertz CT molecular complexity index is 702. The van der Waals surface area contributed by atoms with Crippen molar-refractivity contribution in [1.29, 1.82) is 0 Å². The van der Waals surface area contributed by atoms with Crippen molar-refractivity contribution in [1.82, 2.24) is 10.2 Å². The molecule has 1 aliphatic rings. The van der Waals surface area contributed by atoms with Gasteiger partial charge in [0, 0.05) is 19.0 Å². The van der Waals surface area contributed by atoms with Crippen molar-refractivity contribution >= 4 is 5.91 Å². The molecule has 1 saturated heterocycles. The summed E-state index contributed by atoms with van der Waals surface area (Å²) in [6.07, 6.45) is 2.28. The number of carbonyl (C=O) groups excluding carboxylic acids is 1. The lowest BCUT2D eigenvalue weighted by atomic mass is 9.99. The molecule has 0 aliphatic carbocycles. The van der Waals surface area contributed by atoms with Gasteiger partial charge in [-0.3, -0.25) is 9.69 Å². The maximum absolute atomic E-state index is 12.3. The van der Waals surface area contributed by atoms with E-state index in [1.807, 2.05) is 42.5 Å². The predicted molar refractivity (Wildman–Crippen MR) is 104 cm³/mol. The van der Waals surface area contributed by atoms with E-state index in [0.717, 1.165) is 31.7 Å². The van der Waals surface area contributed by atoms with Crippen LogP contribution in [0.1, 0.15) is 24.0 Å². The van der Waals surface area contributed by atoms with Crippen molar-refractivity contribution in [3.8, 4) is 5.75 Å². The molecule has 1 aliphatic heterocycles. The zero-order valence-electron chi connectivity index (χ0n) is 15.5. The Kier molecular flexibility index (Phi) is 6.67. The Morgan fingerprint density at radius 1 is 1.15 bits per heavy atom. The van der Waals surface area contributed by atoms with E-state index in [0.29, 0.717) is 25.6 Å². The normalized spacial score (nSPS) is 17.7. The zero-order chi connectivity index (χ0) is 18.2. The molecule has 3 rings (SSSR count). The first-order valence-corrected chi connectivity index (χ1v) is 9.42. The third-order valence-corrected chi connectivity index (χ3v) is 4.94. The van der Waals surface area contributed by atoms with Crippen molar-refractivity contribution in [2.24, 2.45) is 5.92 Å². The number of likely N-dealkylation sites (tertiary alicyclic amines) is 1. The molecule has 0 spiro atoms. The van der Waals surface area contributed by atoms with Crippen molar-refractivity contribution in [3.05, 3.63) is 65.7 Å². The standard InChI is InChI=1S/C22H28N2O2/c1-18-8-5-6-10-20(18)14-23-22(25)16-24-13-7-9-19(15-24)17-26-21-11-3-2-4-12-21/h2-6,8,10-12,19H,7,9,13-17H2,1H3,(H,23,25). The third-order valence-electron chi connectivity index (χ3n) is 4.94. The second kappa shape index (κ2) is 9.39. The molecule has 2 aromatic rings. The van der Waals surface area contributed by atoms with Gasteiger partial charge in [-0.1, -0.05) is 42.5 Å². The maximum Gasteiger partial charge on any atom is 0.234 e. The highest BCUT2D eigenvalue weighted by Crippen LogP contribution is 2.18. The highest BCUT2D eigenvalue weighted by atomic mass is 16.5. The van der Waals surface area contributed by atoms with Gasteiger partial charge in [0.05, 0.1) is 13.2 Å². The summed E-state index contributed by atoms with van der Waals surface area (Å²) in [5, 5.41) is 3.05. The van der Waals surface area contributed by atoms with Crippen LogP contribution < -0.4 is 10.1 Å². The summed E-state index contributed by atoms with van der Waals surface area (Å²) < 4.78 is 5.89. The van der Waals surface area contributed by atoms with Gasteiger partial charge in [0.25, 0.3) is 0 Å². The van der Waals surface area contributed by atoms with E-state index in [-0.39, 0.29) is 5.91 Å². The first-order chi connectivity index (χ1) is 12.7. The molecule has 0 saturated carbocycles. The Morgan fingerprint density at radius 2 is 1.92 bits per heavy atom. The van der Waals surface area contributed by atoms with Crippen LogP contribution in [-0.4, -0.2) is 37.0 Å². The van der Waals surface area contributed by atoms with Gasteiger partial charge >= 0.3 is 0 Å². The van der Waals surface area contributed by atoms with Gasteiger partial charge in [0.2, 0.25) is 5.91 Å². The van der Waals surface area contributed by atoms with E-state index >= 15 is 0 Å². The number of hydrogen-bond acceptors (Lipinski definition) is 3. The van der Waals surface area contributed by atoms with Gasteiger partial charge in [-0.2, -0.15) is 0 Å². The number of benzene rings is 2. The van der Waals surface area contributed by atoms with Gasteiger partial charge in [0.15, 0.2) is 0 Å². The summed E-state index contributed by atoms with van der Waals surface area (Å²) in [5.41, 5.74) is 2.39. The van der Waals surface area contributed by atoms with Crippen LogP contribution in [-0.2, 0) is 11.3 Å². The largest absolute Gasteiger partial charge is 0.493 e. The number of amides is 1. The van der Waals surface area contributed by atoms with E-state index < -0.39 is 0 Å². The van der Waals surface area contributed by atoms with Crippen molar-refractivity contribution in [3.63, 3.8) is 0 Å². The highest BCUT2D eigenvalue weighted by Gasteiger charge is 2.22. The molecule has 1 amide bonds. The first kappa shape index (κ1) is 18.5. The lowest BCUT2D eigenvalue weighted by molar-refractivity contribution is -0.122. The minimum Gasteiger partial charge on any atom is -0.493 e. The fraction of sp³-hybridized carbons (Fsp3) is 0.409. The Morgan fingerprint density at radius 3 is 2.73 bits per heavy atom. The quantitative estimate of drug-likeness (QED) is 0.830. The number of nitrogens with zero attached hydrogens (tertiary/aromatic N) is 1. The summed E-state index contributed by atoms with van der Waals surface area (Å²) >= 11 is 0. The minimum atomic E-state index is 0.0953.